The maximum Gasteiger partial charge on any atom is 0.255 e. The SMILES string of the molecule is CCC(C)NS(=O)(=O)c1ccc(C(=O)Nc2ccc(OCC#N)cc2)cc1. The lowest BCUT2D eigenvalue weighted by atomic mass is 10.2. The second-order valence-corrected chi connectivity index (χ2v) is 7.59. The standard InChI is InChI=1S/C19H21N3O4S/c1-3-14(2)22-27(24,25)18-10-4-15(5-11-18)19(23)21-16-6-8-17(9-7-16)26-13-12-20/h4-11,14,22H,3,13H2,1-2H3,(H,21,23). The first kappa shape index (κ1) is 20.4. The van der Waals surface area contributed by atoms with E-state index in [0.29, 0.717) is 23.4 Å². The number of ether oxygens (including phenoxy) is 1. The van der Waals surface area contributed by atoms with Gasteiger partial charge in [-0.25, -0.2) is 13.1 Å². The third-order valence-corrected chi connectivity index (χ3v) is 5.42. The van der Waals surface area contributed by atoms with Gasteiger partial charge in [0.2, 0.25) is 10.0 Å². The highest BCUT2D eigenvalue weighted by Crippen LogP contribution is 2.17. The first-order valence-corrected chi connectivity index (χ1v) is 9.87. The van der Waals surface area contributed by atoms with E-state index in [4.69, 9.17) is 10.00 Å². The van der Waals surface area contributed by atoms with Gasteiger partial charge in [-0.15, -0.1) is 0 Å². The minimum atomic E-state index is -3.60. The Kier molecular flexibility index (Phi) is 6.93. The summed E-state index contributed by atoms with van der Waals surface area (Å²) < 4.78 is 32.2. The highest BCUT2D eigenvalue weighted by Gasteiger charge is 2.17. The van der Waals surface area contributed by atoms with Crippen LogP contribution in [0.4, 0.5) is 5.69 Å². The van der Waals surface area contributed by atoms with E-state index in [-0.39, 0.29) is 23.5 Å². The molecule has 1 unspecified atom stereocenters. The predicted octanol–water partition coefficient (Wildman–Crippen LogP) is 2.92. The lowest BCUT2D eigenvalue weighted by Gasteiger charge is -2.12. The minimum Gasteiger partial charge on any atom is -0.479 e. The van der Waals surface area contributed by atoms with Crippen LogP contribution >= 0.6 is 0 Å². The van der Waals surface area contributed by atoms with Crippen LogP contribution in [0.5, 0.6) is 5.75 Å². The molecule has 2 rings (SSSR count). The van der Waals surface area contributed by atoms with Crippen LogP contribution in [0.3, 0.4) is 0 Å². The highest BCUT2D eigenvalue weighted by molar-refractivity contribution is 7.89. The van der Waals surface area contributed by atoms with E-state index in [9.17, 15) is 13.2 Å². The maximum atomic E-state index is 12.3. The van der Waals surface area contributed by atoms with Gasteiger partial charge in [-0.05, 0) is 61.9 Å². The lowest BCUT2D eigenvalue weighted by Crippen LogP contribution is -2.32. The summed E-state index contributed by atoms with van der Waals surface area (Å²) >= 11 is 0. The van der Waals surface area contributed by atoms with Gasteiger partial charge in [0.1, 0.15) is 11.8 Å². The second-order valence-electron chi connectivity index (χ2n) is 5.88. The summed E-state index contributed by atoms with van der Waals surface area (Å²) in [5.74, 6) is 0.164. The number of carbonyl (C=O) groups excluding carboxylic acids is 1. The Morgan fingerprint density at radius 2 is 1.78 bits per heavy atom. The fourth-order valence-corrected chi connectivity index (χ4v) is 3.48. The molecule has 2 aromatic carbocycles. The van der Waals surface area contributed by atoms with Gasteiger partial charge in [-0.2, -0.15) is 5.26 Å². The molecular formula is C19H21N3O4S. The number of nitrogens with one attached hydrogen (secondary N) is 2. The number of rotatable bonds is 8. The molecule has 8 heteroatoms. The number of anilines is 1. The number of amides is 1. The topological polar surface area (TPSA) is 108 Å². The normalized spacial score (nSPS) is 12.0. The third kappa shape index (κ3) is 5.81. The monoisotopic (exact) mass is 387 g/mol. The van der Waals surface area contributed by atoms with Crippen LogP contribution < -0.4 is 14.8 Å². The number of nitriles is 1. The van der Waals surface area contributed by atoms with Crippen LogP contribution in [0, 0.1) is 11.3 Å². The van der Waals surface area contributed by atoms with Crippen LogP contribution in [0.15, 0.2) is 53.4 Å². The molecule has 0 spiro atoms. The molecule has 0 aliphatic carbocycles. The van der Waals surface area contributed by atoms with Crippen molar-refractivity contribution in [3.05, 3.63) is 54.1 Å². The third-order valence-electron chi connectivity index (χ3n) is 3.81. The van der Waals surface area contributed by atoms with Gasteiger partial charge < -0.3 is 10.1 Å². The van der Waals surface area contributed by atoms with E-state index in [2.05, 4.69) is 10.0 Å². The minimum absolute atomic E-state index is 0.0488. The van der Waals surface area contributed by atoms with Crippen molar-refractivity contribution in [1.29, 1.82) is 5.26 Å². The van der Waals surface area contributed by atoms with E-state index in [1.54, 1.807) is 31.2 Å². The number of benzene rings is 2. The Morgan fingerprint density at radius 3 is 2.33 bits per heavy atom. The van der Waals surface area contributed by atoms with Crippen molar-refractivity contribution in [3.8, 4) is 11.8 Å². The van der Waals surface area contributed by atoms with E-state index in [1.165, 1.54) is 24.3 Å². The number of sulfonamides is 1. The molecule has 2 aromatic rings. The molecule has 0 fully saturated rings. The Morgan fingerprint density at radius 1 is 1.15 bits per heavy atom. The number of hydrogen-bond acceptors (Lipinski definition) is 5. The molecule has 0 radical (unpaired) electrons. The molecule has 0 aromatic heterocycles. The van der Waals surface area contributed by atoms with Crippen molar-refractivity contribution in [2.24, 2.45) is 0 Å². The summed E-state index contributed by atoms with van der Waals surface area (Å²) in [5, 5.41) is 11.2. The smallest absolute Gasteiger partial charge is 0.255 e. The van der Waals surface area contributed by atoms with Crippen molar-refractivity contribution in [1.82, 2.24) is 4.72 Å². The van der Waals surface area contributed by atoms with E-state index < -0.39 is 10.0 Å². The molecule has 142 valence electrons. The van der Waals surface area contributed by atoms with Gasteiger partial charge in [0.15, 0.2) is 6.61 Å². The first-order valence-electron chi connectivity index (χ1n) is 8.39. The van der Waals surface area contributed by atoms with Crippen LogP contribution in [0.1, 0.15) is 30.6 Å². The molecule has 1 atom stereocenters. The molecule has 0 bridgehead atoms. The molecule has 0 saturated carbocycles. The van der Waals surface area contributed by atoms with Gasteiger partial charge >= 0.3 is 0 Å². The molecule has 27 heavy (non-hydrogen) atoms. The molecule has 1 amide bonds. The number of carbonyl (C=O) groups is 1. The average molecular weight is 387 g/mol. The lowest BCUT2D eigenvalue weighted by molar-refractivity contribution is 0.102. The number of nitrogens with zero attached hydrogens (tertiary/aromatic N) is 1. The van der Waals surface area contributed by atoms with Crippen LogP contribution in [0.2, 0.25) is 0 Å². The van der Waals surface area contributed by atoms with Gasteiger partial charge in [-0.1, -0.05) is 6.92 Å². The Bertz CT molecular complexity index is 917. The van der Waals surface area contributed by atoms with Crippen LogP contribution in [0.25, 0.3) is 0 Å². The quantitative estimate of drug-likeness (QED) is 0.724. The molecule has 7 nitrogen and oxygen atoms in total. The predicted molar refractivity (Wildman–Crippen MR) is 102 cm³/mol. The fraction of sp³-hybridized carbons (Fsp3) is 0.263. The van der Waals surface area contributed by atoms with Crippen molar-refractivity contribution in [2.45, 2.75) is 31.2 Å². The first-order chi connectivity index (χ1) is 12.9. The van der Waals surface area contributed by atoms with Gasteiger partial charge in [0.25, 0.3) is 5.91 Å². The van der Waals surface area contributed by atoms with Gasteiger partial charge in [0.05, 0.1) is 4.90 Å². The Labute approximate surface area is 159 Å². The van der Waals surface area contributed by atoms with Crippen LogP contribution in [-0.4, -0.2) is 27.0 Å². The van der Waals surface area contributed by atoms with Gasteiger partial charge in [-0.3, -0.25) is 4.79 Å². The van der Waals surface area contributed by atoms with Crippen molar-refractivity contribution in [2.75, 3.05) is 11.9 Å². The summed E-state index contributed by atoms with van der Waals surface area (Å²) in [7, 11) is -3.60. The fourth-order valence-electron chi connectivity index (χ4n) is 2.16. The molecular weight excluding hydrogens is 366 g/mol. The second kappa shape index (κ2) is 9.16. The summed E-state index contributed by atoms with van der Waals surface area (Å²) in [6, 6.07) is 14.0. The summed E-state index contributed by atoms with van der Waals surface area (Å²) in [6.45, 7) is 3.63. The van der Waals surface area contributed by atoms with Gasteiger partial charge in [0, 0.05) is 17.3 Å². The summed E-state index contributed by atoms with van der Waals surface area (Å²) in [5.41, 5.74) is 0.890. The maximum absolute atomic E-state index is 12.3. The Balaban J connectivity index is 2.04. The van der Waals surface area contributed by atoms with Crippen molar-refractivity contribution in [3.63, 3.8) is 0 Å². The Hall–Kier alpha value is -2.89. The average Bonchev–Trinajstić information content (AvgIpc) is 2.67. The van der Waals surface area contributed by atoms with Crippen molar-refractivity contribution >= 4 is 21.6 Å². The molecule has 2 N–H and O–H groups in total. The van der Waals surface area contributed by atoms with E-state index in [1.807, 2.05) is 13.0 Å². The number of hydrogen-bond donors (Lipinski definition) is 2. The largest absolute Gasteiger partial charge is 0.479 e. The zero-order valence-corrected chi connectivity index (χ0v) is 15.9. The molecule has 0 heterocycles. The summed E-state index contributed by atoms with van der Waals surface area (Å²) in [4.78, 5) is 12.4. The van der Waals surface area contributed by atoms with E-state index >= 15 is 0 Å². The van der Waals surface area contributed by atoms with Crippen molar-refractivity contribution < 1.29 is 17.9 Å². The molecule has 0 aliphatic rings. The molecule has 0 saturated heterocycles. The molecule has 0 aliphatic heterocycles. The van der Waals surface area contributed by atoms with E-state index in [0.717, 1.165) is 0 Å². The zero-order valence-electron chi connectivity index (χ0n) is 15.1. The summed E-state index contributed by atoms with van der Waals surface area (Å²) in [6.07, 6.45) is 0.681. The highest BCUT2D eigenvalue weighted by atomic mass is 32.2. The zero-order chi connectivity index (χ0) is 19.9. The van der Waals surface area contributed by atoms with Crippen LogP contribution in [-0.2, 0) is 10.0 Å².